The molecule has 1 fully saturated rings. The van der Waals surface area contributed by atoms with Crippen molar-refractivity contribution < 1.29 is 27.5 Å². The summed E-state index contributed by atoms with van der Waals surface area (Å²) >= 11 is 0. The molecule has 144 valence electrons. The Kier molecular flexibility index (Phi) is 5.90. The predicted molar refractivity (Wildman–Crippen MR) is 88.9 cm³/mol. The maximum atomic E-state index is 13.7. The number of benzene rings is 1. The third-order valence-corrected chi connectivity index (χ3v) is 4.28. The number of hydroxylamine groups is 1. The highest BCUT2D eigenvalue weighted by atomic mass is 19.2. The van der Waals surface area contributed by atoms with Gasteiger partial charge >= 0.3 is 0 Å². The lowest BCUT2D eigenvalue weighted by molar-refractivity contribution is 0.233. The number of ether oxygens (including phenoxy) is 1. The molecular weight excluding hydrogens is 366 g/mol. The molecule has 0 saturated heterocycles. The SMILES string of the molecule is ONC(=NC1CCCCC1)c1ccc(Oc2c(F)c(F)cc(F)c2F)nc1. The van der Waals surface area contributed by atoms with Crippen LogP contribution < -0.4 is 10.2 Å². The first-order chi connectivity index (χ1) is 13.0. The molecular formula is C18H17F4N3O2. The highest BCUT2D eigenvalue weighted by Gasteiger charge is 2.22. The van der Waals surface area contributed by atoms with Crippen molar-refractivity contribution in [3.63, 3.8) is 0 Å². The third-order valence-electron chi connectivity index (χ3n) is 4.28. The summed E-state index contributed by atoms with van der Waals surface area (Å²) in [5.74, 6) is -7.76. The molecule has 5 nitrogen and oxygen atoms in total. The average Bonchev–Trinajstić information content (AvgIpc) is 2.69. The second kappa shape index (κ2) is 8.34. The quantitative estimate of drug-likeness (QED) is 0.268. The molecule has 2 aromatic rings. The van der Waals surface area contributed by atoms with Gasteiger partial charge < -0.3 is 4.74 Å². The fourth-order valence-electron chi connectivity index (χ4n) is 2.89. The maximum absolute atomic E-state index is 13.7. The Hall–Kier alpha value is -2.68. The van der Waals surface area contributed by atoms with E-state index < -0.39 is 29.0 Å². The first-order valence-corrected chi connectivity index (χ1v) is 8.44. The van der Waals surface area contributed by atoms with E-state index in [4.69, 9.17) is 4.74 Å². The molecule has 0 radical (unpaired) electrons. The Balaban J connectivity index is 1.80. The van der Waals surface area contributed by atoms with Gasteiger partial charge in [-0.25, -0.2) is 13.8 Å². The van der Waals surface area contributed by atoms with Crippen LogP contribution in [0.5, 0.6) is 11.6 Å². The van der Waals surface area contributed by atoms with Crippen molar-refractivity contribution in [1.29, 1.82) is 0 Å². The number of hydrogen-bond acceptors (Lipinski definition) is 4. The number of amidine groups is 1. The van der Waals surface area contributed by atoms with Crippen LogP contribution in [0.15, 0.2) is 29.4 Å². The van der Waals surface area contributed by atoms with Crippen LogP contribution in [-0.4, -0.2) is 22.1 Å². The standard InChI is InChI=1S/C18H17F4N3O2/c19-12-8-13(20)16(22)17(15(12)21)27-14-7-6-10(9-23-14)18(25-26)24-11-4-2-1-3-5-11/h6-9,11,26H,1-5H2,(H,24,25). The lowest BCUT2D eigenvalue weighted by atomic mass is 9.96. The molecule has 3 rings (SSSR count). The Morgan fingerprint density at radius 1 is 1.07 bits per heavy atom. The molecule has 1 aromatic heterocycles. The normalized spacial score (nSPS) is 15.7. The van der Waals surface area contributed by atoms with E-state index in [0.29, 0.717) is 5.56 Å². The zero-order valence-electron chi connectivity index (χ0n) is 14.2. The molecule has 1 saturated carbocycles. The predicted octanol–water partition coefficient (Wildman–Crippen LogP) is 4.49. The van der Waals surface area contributed by atoms with Crippen LogP contribution in [0.3, 0.4) is 0 Å². The number of rotatable bonds is 4. The molecule has 9 heteroatoms. The minimum Gasteiger partial charge on any atom is -0.433 e. The van der Waals surface area contributed by atoms with E-state index in [0.717, 1.165) is 32.1 Å². The zero-order valence-corrected chi connectivity index (χ0v) is 14.2. The summed E-state index contributed by atoms with van der Waals surface area (Å²) < 4.78 is 58.6. The molecule has 0 spiro atoms. The zero-order chi connectivity index (χ0) is 19.4. The summed E-state index contributed by atoms with van der Waals surface area (Å²) in [5, 5.41) is 9.33. The molecule has 0 atom stereocenters. The van der Waals surface area contributed by atoms with E-state index in [1.165, 1.54) is 18.3 Å². The van der Waals surface area contributed by atoms with Crippen LogP contribution in [0.25, 0.3) is 0 Å². The molecule has 27 heavy (non-hydrogen) atoms. The van der Waals surface area contributed by atoms with Crippen molar-refractivity contribution in [3.05, 3.63) is 53.2 Å². The van der Waals surface area contributed by atoms with E-state index in [1.807, 2.05) is 5.48 Å². The van der Waals surface area contributed by atoms with Gasteiger partial charge in [-0.1, -0.05) is 19.3 Å². The Morgan fingerprint density at radius 2 is 1.74 bits per heavy atom. The van der Waals surface area contributed by atoms with Gasteiger partial charge in [-0.15, -0.1) is 0 Å². The van der Waals surface area contributed by atoms with Gasteiger partial charge in [0, 0.05) is 23.9 Å². The molecule has 1 aromatic carbocycles. The van der Waals surface area contributed by atoms with Crippen LogP contribution >= 0.6 is 0 Å². The molecule has 0 aliphatic heterocycles. The summed E-state index contributed by atoms with van der Waals surface area (Å²) in [6.45, 7) is 0. The second-order valence-corrected chi connectivity index (χ2v) is 6.17. The number of aliphatic imine (C=N–C) groups is 1. The van der Waals surface area contributed by atoms with Crippen LogP contribution in [0.4, 0.5) is 17.6 Å². The van der Waals surface area contributed by atoms with E-state index in [1.54, 1.807) is 0 Å². The van der Waals surface area contributed by atoms with Gasteiger partial charge in [0.2, 0.25) is 23.3 Å². The average molecular weight is 383 g/mol. The fourth-order valence-corrected chi connectivity index (χ4v) is 2.89. The van der Waals surface area contributed by atoms with Crippen molar-refractivity contribution >= 4 is 5.84 Å². The van der Waals surface area contributed by atoms with Crippen LogP contribution in [0, 0.1) is 23.3 Å². The van der Waals surface area contributed by atoms with Crippen molar-refractivity contribution in [2.75, 3.05) is 0 Å². The highest BCUT2D eigenvalue weighted by molar-refractivity contribution is 5.97. The summed E-state index contributed by atoms with van der Waals surface area (Å²) in [6, 6.07) is 2.86. The monoisotopic (exact) mass is 383 g/mol. The lowest BCUT2D eigenvalue weighted by Crippen LogP contribution is -2.24. The maximum Gasteiger partial charge on any atom is 0.219 e. The number of pyridine rings is 1. The minimum atomic E-state index is -1.66. The van der Waals surface area contributed by atoms with Gasteiger partial charge in [-0.2, -0.15) is 8.78 Å². The number of halogens is 4. The first-order valence-electron chi connectivity index (χ1n) is 8.44. The van der Waals surface area contributed by atoms with E-state index in [2.05, 4.69) is 9.98 Å². The summed E-state index contributed by atoms with van der Waals surface area (Å²) in [6.07, 6.45) is 6.40. The van der Waals surface area contributed by atoms with Gasteiger partial charge in [0.05, 0.1) is 6.04 Å². The number of aromatic nitrogens is 1. The van der Waals surface area contributed by atoms with Gasteiger partial charge in [0.25, 0.3) is 0 Å². The smallest absolute Gasteiger partial charge is 0.219 e. The Labute approximate surface area is 152 Å². The van der Waals surface area contributed by atoms with Gasteiger partial charge in [-0.05, 0) is 18.9 Å². The van der Waals surface area contributed by atoms with Crippen LogP contribution in [0.1, 0.15) is 37.7 Å². The van der Waals surface area contributed by atoms with E-state index in [-0.39, 0.29) is 23.8 Å². The molecule has 1 aliphatic carbocycles. The van der Waals surface area contributed by atoms with Crippen molar-refractivity contribution in [2.24, 2.45) is 4.99 Å². The largest absolute Gasteiger partial charge is 0.433 e. The first kappa shape index (κ1) is 19.1. The molecule has 1 aliphatic rings. The summed E-state index contributed by atoms with van der Waals surface area (Å²) in [5.41, 5.74) is 2.44. The van der Waals surface area contributed by atoms with Crippen molar-refractivity contribution in [2.45, 2.75) is 38.1 Å². The van der Waals surface area contributed by atoms with Gasteiger partial charge in [0.1, 0.15) is 0 Å². The lowest BCUT2D eigenvalue weighted by Gasteiger charge is -2.19. The molecule has 0 bridgehead atoms. The molecule has 2 N–H and O–H groups in total. The van der Waals surface area contributed by atoms with Crippen molar-refractivity contribution in [1.82, 2.24) is 10.5 Å². The van der Waals surface area contributed by atoms with E-state index >= 15 is 0 Å². The second-order valence-electron chi connectivity index (χ2n) is 6.17. The third kappa shape index (κ3) is 4.36. The topological polar surface area (TPSA) is 66.7 Å². The minimum absolute atomic E-state index is 0.0859. The molecule has 0 unspecified atom stereocenters. The Morgan fingerprint density at radius 3 is 2.30 bits per heavy atom. The van der Waals surface area contributed by atoms with E-state index in [9.17, 15) is 22.8 Å². The molecule has 0 amide bonds. The van der Waals surface area contributed by atoms with Gasteiger partial charge in [0.15, 0.2) is 17.5 Å². The number of hydrogen-bond donors (Lipinski definition) is 2. The number of nitrogens with zero attached hydrogens (tertiary/aromatic N) is 2. The van der Waals surface area contributed by atoms with Crippen LogP contribution in [0.2, 0.25) is 0 Å². The van der Waals surface area contributed by atoms with Crippen LogP contribution in [-0.2, 0) is 0 Å². The summed E-state index contributed by atoms with van der Waals surface area (Å²) in [4.78, 5) is 8.29. The summed E-state index contributed by atoms with van der Waals surface area (Å²) in [7, 11) is 0. The van der Waals surface area contributed by atoms with Gasteiger partial charge in [-0.3, -0.25) is 15.7 Å². The number of nitrogens with one attached hydrogen (secondary N) is 1. The van der Waals surface area contributed by atoms with Crippen molar-refractivity contribution in [3.8, 4) is 11.6 Å². The molecule has 1 heterocycles. The Bertz CT molecular complexity index is 811. The fraction of sp³-hybridized carbons (Fsp3) is 0.333. The highest BCUT2D eigenvalue weighted by Crippen LogP contribution is 2.30.